The van der Waals surface area contributed by atoms with Gasteiger partial charge in [0.15, 0.2) is 0 Å². The van der Waals surface area contributed by atoms with Gasteiger partial charge in [-0.05, 0) is 37.3 Å². The van der Waals surface area contributed by atoms with Crippen LogP contribution in [-0.4, -0.2) is 24.5 Å². The van der Waals surface area contributed by atoms with Crippen molar-refractivity contribution in [1.82, 2.24) is 9.40 Å². The molecule has 1 amide bonds. The Bertz CT molecular complexity index is 1400. The Morgan fingerprint density at radius 3 is 2.42 bits per heavy atom. The molecule has 31 heavy (non-hydrogen) atoms. The molecular formula is C23H20N4O3S. The van der Waals surface area contributed by atoms with Crippen molar-refractivity contribution in [3.8, 4) is 0 Å². The van der Waals surface area contributed by atoms with Crippen molar-refractivity contribution in [3.05, 3.63) is 95.7 Å². The summed E-state index contributed by atoms with van der Waals surface area (Å²) in [7, 11) is -3.80. The first kappa shape index (κ1) is 20.4. The summed E-state index contributed by atoms with van der Waals surface area (Å²) in [6.45, 7) is 1.90. The van der Waals surface area contributed by atoms with Gasteiger partial charge in [-0.25, -0.2) is 17.8 Å². The second-order valence-corrected chi connectivity index (χ2v) is 8.82. The molecule has 8 heteroatoms. The second kappa shape index (κ2) is 8.08. The van der Waals surface area contributed by atoms with E-state index in [1.807, 2.05) is 13.0 Å². The van der Waals surface area contributed by atoms with Gasteiger partial charge in [0.1, 0.15) is 0 Å². The Morgan fingerprint density at radius 1 is 1.00 bits per heavy atom. The summed E-state index contributed by atoms with van der Waals surface area (Å²) in [6.07, 6.45) is 2.91. The van der Waals surface area contributed by atoms with E-state index in [1.54, 1.807) is 66.7 Å². The van der Waals surface area contributed by atoms with Crippen molar-refractivity contribution in [2.75, 3.05) is 5.73 Å². The van der Waals surface area contributed by atoms with Crippen molar-refractivity contribution < 1.29 is 13.2 Å². The number of anilines is 1. The van der Waals surface area contributed by atoms with Gasteiger partial charge in [-0.2, -0.15) is 5.10 Å². The molecule has 0 aliphatic rings. The van der Waals surface area contributed by atoms with Crippen molar-refractivity contribution in [2.45, 2.75) is 11.8 Å². The first-order chi connectivity index (χ1) is 14.9. The number of benzene rings is 3. The maximum atomic E-state index is 13.2. The predicted molar refractivity (Wildman–Crippen MR) is 122 cm³/mol. The number of para-hydroxylation sites is 2. The molecule has 0 atom stereocenters. The molecule has 1 heterocycles. The topological polar surface area (TPSA) is 107 Å². The van der Waals surface area contributed by atoms with Gasteiger partial charge in [-0.1, -0.05) is 48.0 Å². The molecule has 0 bridgehead atoms. The number of carbonyl (C=O) groups is 1. The zero-order valence-corrected chi connectivity index (χ0v) is 17.5. The molecule has 4 rings (SSSR count). The lowest BCUT2D eigenvalue weighted by atomic mass is 10.2. The van der Waals surface area contributed by atoms with Gasteiger partial charge < -0.3 is 5.73 Å². The van der Waals surface area contributed by atoms with Crippen molar-refractivity contribution in [1.29, 1.82) is 0 Å². The molecule has 3 N–H and O–H groups in total. The second-order valence-electron chi connectivity index (χ2n) is 7.00. The van der Waals surface area contributed by atoms with Gasteiger partial charge in [-0.3, -0.25) is 4.79 Å². The summed E-state index contributed by atoms with van der Waals surface area (Å²) in [5.41, 5.74) is 10.9. The van der Waals surface area contributed by atoms with Gasteiger partial charge >= 0.3 is 0 Å². The van der Waals surface area contributed by atoms with Crippen molar-refractivity contribution in [3.63, 3.8) is 0 Å². The third-order valence-electron chi connectivity index (χ3n) is 4.86. The van der Waals surface area contributed by atoms with Crippen LogP contribution in [0.2, 0.25) is 0 Å². The van der Waals surface area contributed by atoms with Crippen LogP contribution >= 0.6 is 0 Å². The van der Waals surface area contributed by atoms with Gasteiger partial charge in [0.05, 0.1) is 22.2 Å². The number of aromatic nitrogens is 1. The van der Waals surface area contributed by atoms with Crippen LogP contribution in [0.3, 0.4) is 0 Å². The summed E-state index contributed by atoms with van der Waals surface area (Å²) in [4.78, 5) is 12.5. The molecule has 4 aromatic rings. The number of amides is 1. The number of nitrogens with one attached hydrogen (secondary N) is 1. The third kappa shape index (κ3) is 3.93. The summed E-state index contributed by atoms with van der Waals surface area (Å²) in [5, 5.41) is 4.69. The Morgan fingerprint density at radius 2 is 1.68 bits per heavy atom. The van der Waals surface area contributed by atoms with Crippen LogP contribution in [0, 0.1) is 6.92 Å². The lowest BCUT2D eigenvalue weighted by Crippen LogP contribution is -2.19. The number of carbonyl (C=O) groups excluding carboxylic acids is 1. The van der Waals surface area contributed by atoms with E-state index < -0.39 is 15.9 Å². The highest BCUT2D eigenvalue weighted by Crippen LogP contribution is 2.25. The van der Waals surface area contributed by atoms with E-state index in [9.17, 15) is 13.2 Å². The van der Waals surface area contributed by atoms with Crippen LogP contribution in [0.4, 0.5) is 5.69 Å². The van der Waals surface area contributed by atoms with Crippen LogP contribution in [0.5, 0.6) is 0 Å². The van der Waals surface area contributed by atoms with E-state index in [-0.39, 0.29) is 4.90 Å². The quantitative estimate of drug-likeness (QED) is 0.286. The smallest absolute Gasteiger partial charge is 0.273 e. The largest absolute Gasteiger partial charge is 0.398 e. The highest BCUT2D eigenvalue weighted by atomic mass is 32.2. The molecule has 7 nitrogen and oxygen atoms in total. The minimum atomic E-state index is -3.80. The number of nitrogen functional groups attached to an aromatic ring is 1. The first-order valence-electron chi connectivity index (χ1n) is 9.48. The highest BCUT2D eigenvalue weighted by Gasteiger charge is 2.20. The van der Waals surface area contributed by atoms with E-state index >= 15 is 0 Å². The molecule has 0 saturated heterocycles. The average molecular weight is 433 g/mol. The lowest BCUT2D eigenvalue weighted by molar-refractivity contribution is 0.0956. The van der Waals surface area contributed by atoms with Gasteiger partial charge in [0, 0.05) is 22.8 Å². The van der Waals surface area contributed by atoms with E-state index in [4.69, 9.17) is 5.73 Å². The molecule has 0 unspecified atom stereocenters. The van der Waals surface area contributed by atoms with E-state index in [0.717, 1.165) is 5.56 Å². The summed E-state index contributed by atoms with van der Waals surface area (Å²) in [6, 6.07) is 20.4. The standard InChI is InChI=1S/C23H20N4O3S/c1-16-10-12-18(13-11-16)31(29,30)27-15-17(19-6-3-5-9-22(19)27)14-25-26-23(28)20-7-2-4-8-21(20)24/h2-15H,24H2,1H3,(H,26,28)/b25-14-. The molecular weight excluding hydrogens is 412 g/mol. The Balaban J connectivity index is 1.69. The number of hydrogen-bond acceptors (Lipinski definition) is 5. The molecule has 0 spiro atoms. The van der Waals surface area contributed by atoms with Gasteiger partial charge in [0.2, 0.25) is 0 Å². The van der Waals surface area contributed by atoms with Crippen LogP contribution < -0.4 is 11.2 Å². The number of aryl methyl sites for hydroxylation is 1. The van der Waals surface area contributed by atoms with Crippen LogP contribution in [-0.2, 0) is 10.0 Å². The number of hydrogen-bond donors (Lipinski definition) is 2. The van der Waals surface area contributed by atoms with Gasteiger partial charge in [-0.15, -0.1) is 0 Å². The van der Waals surface area contributed by atoms with E-state index in [1.165, 1.54) is 16.4 Å². The zero-order valence-electron chi connectivity index (χ0n) is 16.7. The third-order valence-corrected chi connectivity index (χ3v) is 6.55. The fraction of sp³-hybridized carbons (Fsp3) is 0.0435. The summed E-state index contributed by atoms with van der Waals surface area (Å²) >= 11 is 0. The summed E-state index contributed by atoms with van der Waals surface area (Å²) < 4.78 is 27.7. The fourth-order valence-electron chi connectivity index (χ4n) is 3.23. The average Bonchev–Trinajstić information content (AvgIpc) is 3.14. The Hall–Kier alpha value is -3.91. The SMILES string of the molecule is Cc1ccc(S(=O)(=O)n2cc(/C=N\NC(=O)c3ccccc3N)c3ccccc32)cc1. The molecule has 0 saturated carbocycles. The van der Waals surface area contributed by atoms with Crippen LogP contribution in [0.25, 0.3) is 10.9 Å². The lowest BCUT2D eigenvalue weighted by Gasteiger charge is -2.07. The van der Waals surface area contributed by atoms with Crippen molar-refractivity contribution >= 4 is 38.7 Å². The molecule has 0 fully saturated rings. The molecule has 0 radical (unpaired) electrons. The number of nitrogens with two attached hydrogens (primary N) is 1. The monoisotopic (exact) mass is 432 g/mol. The van der Waals surface area contributed by atoms with Crippen molar-refractivity contribution in [2.24, 2.45) is 5.10 Å². The van der Waals surface area contributed by atoms with E-state index in [0.29, 0.717) is 27.7 Å². The molecule has 1 aromatic heterocycles. The Kier molecular flexibility index (Phi) is 5.31. The normalized spacial score (nSPS) is 11.8. The number of nitrogens with zero attached hydrogens (tertiary/aromatic N) is 2. The predicted octanol–water partition coefficient (Wildman–Crippen LogP) is 3.53. The van der Waals surface area contributed by atoms with E-state index in [2.05, 4.69) is 10.5 Å². The minimum absolute atomic E-state index is 0.190. The molecule has 0 aliphatic heterocycles. The minimum Gasteiger partial charge on any atom is -0.398 e. The highest BCUT2D eigenvalue weighted by molar-refractivity contribution is 7.90. The Labute approximate surface area is 179 Å². The molecule has 156 valence electrons. The molecule has 3 aromatic carbocycles. The van der Waals surface area contributed by atoms with Crippen LogP contribution in [0.15, 0.2) is 89.0 Å². The molecule has 0 aliphatic carbocycles. The summed E-state index contributed by atoms with van der Waals surface area (Å²) in [5.74, 6) is -0.453. The number of fused-ring (bicyclic) bond motifs is 1. The fourth-order valence-corrected chi connectivity index (χ4v) is 4.60. The van der Waals surface area contributed by atoms with Gasteiger partial charge in [0.25, 0.3) is 15.9 Å². The number of rotatable bonds is 5. The first-order valence-corrected chi connectivity index (χ1v) is 10.9. The maximum Gasteiger partial charge on any atom is 0.273 e. The maximum absolute atomic E-state index is 13.2. The number of hydrazone groups is 1. The van der Waals surface area contributed by atoms with Crippen LogP contribution in [0.1, 0.15) is 21.5 Å². The zero-order chi connectivity index (χ0) is 22.0.